The molecule has 0 saturated heterocycles. The molecule has 0 aliphatic carbocycles. The van der Waals surface area contributed by atoms with Crippen molar-refractivity contribution in [3.8, 4) is 0 Å². The summed E-state index contributed by atoms with van der Waals surface area (Å²) in [6.45, 7) is 7.61. The van der Waals surface area contributed by atoms with Gasteiger partial charge in [0, 0.05) is 32.7 Å². The van der Waals surface area contributed by atoms with Crippen molar-refractivity contribution in [2.75, 3.05) is 7.11 Å². The number of aliphatic imine (C=N–C) groups is 1. The van der Waals surface area contributed by atoms with Gasteiger partial charge in [0.25, 0.3) is 0 Å². The normalized spacial score (nSPS) is 9.24. The third-order valence-electron chi connectivity index (χ3n) is 2.22. The summed E-state index contributed by atoms with van der Waals surface area (Å²) in [5.74, 6) is -0.392. The number of hydrogen-bond donors (Lipinski definition) is 1. The third-order valence-corrected chi connectivity index (χ3v) is 2.22. The van der Waals surface area contributed by atoms with Crippen molar-refractivity contribution in [2.45, 2.75) is 27.7 Å². The number of H-pyrrole nitrogens is 1. The minimum Gasteiger partial charge on any atom is -0.465 e. The number of carbonyl (C=O) groups is 1. The number of aromatic nitrogens is 1. The number of nitrogens with zero attached hydrogens (tertiary/aromatic N) is 1. The van der Waals surface area contributed by atoms with Crippen LogP contribution in [0.2, 0.25) is 0 Å². The SMILES string of the molecule is C[CH-]c1c(C)[nH]c(C(=O)OC)c1N=C(C)C.[Y]. The number of ether oxygens (including phenoxy) is 1. The summed E-state index contributed by atoms with van der Waals surface area (Å²) in [7, 11) is 1.36. The molecule has 0 spiro atoms. The number of nitrogens with one attached hydrogen (secondary N) is 1. The second-order valence-corrected chi connectivity index (χ2v) is 3.73. The van der Waals surface area contributed by atoms with Crippen molar-refractivity contribution in [1.29, 1.82) is 0 Å². The van der Waals surface area contributed by atoms with Gasteiger partial charge in [-0.3, -0.25) is 0 Å². The van der Waals surface area contributed by atoms with E-state index in [4.69, 9.17) is 4.74 Å². The van der Waals surface area contributed by atoms with E-state index in [0.29, 0.717) is 11.4 Å². The molecule has 0 unspecified atom stereocenters. The third kappa shape index (κ3) is 3.68. The molecule has 0 aliphatic rings. The van der Waals surface area contributed by atoms with Crippen molar-refractivity contribution >= 4 is 17.4 Å². The predicted molar refractivity (Wildman–Crippen MR) is 64.4 cm³/mol. The fourth-order valence-electron chi connectivity index (χ4n) is 1.57. The number of carbonyl (C=O) groups excluding carboxylic acids is 1. The van der Waals surface area contributed by atoms with Crippen molar-refractivity contribution in [1.82, 2.24) is 4.98 Å². The molecule has 0 amide bonds. The largest absolute Gasteiger partial charge is 0.465 e. The van der Waals surface area contributed by atoms with E-state index in [1.807, 2.05) is 34.1 Å². The Morgan fingerprint density at radius 1 is 1.41 bits per heavy atom. The molecule has 1 rings (SSSR count). The zero-order valence-corrected chi connectivity index (χ0v) is 13.8. The zero-order valence-electron chi connectivity index (χ0n) is 10.9. The van der Waals surface area contributed by atoms with Crippen LogP contribution >= 0.6 is 0 Å². The Morgan fingerprint density at radius 2 is 2.00 bits per heavy atom. The second kappa shape index (κ2) is 6.97. The van der Waals surface area contributed by atoms with Gasteiger partial charge in [-0.15, -0.1) is 5.56 Å². The topological polar surface area (TPSA) is 54.5 Å². The predicted octanol–water partition coefficient (Wildman–Crippen LogP) is 2.79. The Hall–Kier alpha value is -0.606. The molecule has 0 saturated carbocycles. The molecule has 0 atom stereocenters. The Bertz CT molecular complexity index is 432. The molecule has 91 valence electrons. The van der Waals surface area contributed by atoms with Crippen LogP contribution in [0.15, 0.2) is 4.99 Å². The standard InChI is InChI=1S/C12H17N2O2.Y/c1-6-9-8(4)14-11(12(15)16-5)10(9)13-7(2)3;/h6,14H,1-5H3;/q-1;. The van der Waals surface area contributed by atoms with E-state index in [2.05, 4.69) is 9.98 Å². The van der Waals surface area contributed by atoms with Gasteiger partial charge in [-0.05, 0) is 25.2 Å². The van der Waals surface area contributed by atoms with Gasteiger partial charge in [-0.1, -0.05) is 19.5 Å². The summed E-state index contributed by atoms with van der Waals surface area (Å²) in [6, 6.07) is 0. The average Bonchev–Trinajstić information content (AvgIpc) is 2.53. The summed E-state index contributed by atoms with van der Waals surface area (Å²) >= 11 is 0. The van der Waals surface area contributed by atoms with Crippen LogP contribution < -0.4 is 0 Å². The summed E-state index contributed by atoms with van der Waals surface area (Å²) < 4.78 is 4.72. The molecular weight excluding hydrogens is 293 g/mol. The van der Waals surface area contributed by atoms with Crippen LogP contribution in [0.1, 0.15) is 42.5 Å². The molecule has 4 nitrogen and oxygen atoms in total. The summed E-state index contributed by atoms with van der Waals surface area (Å²) in [6.07, 6.45) is 1.93. The van der Waals surface area contributed by atoms with Gasteiger partial charge in [0.05, 0.1) is 12.8 Å². The second-order valence-electron chi connectivity index (χ2n) is 3.73. The average molecular weight is 310 g/mol. The molecule has 0 fully saturated rings. The molecule has 1 aromatic heterocycles. The van der Waals surface area contributed by atoms with Crippen molar-refractivity contribution in [2.24, 2.45) is 4.99 Å². The van der Waals surface area contributed by atoms with E-state index in [1.165, 1.54) is 7.11 Å². The van der Waals surface area contributed by atoms with Gasteiger partial charge >= 0.3 is 5.97 Å². The van der Waals surface area contributed by atoms with Crippen molar-refractivity contribution in [3.63, 3.8) is 0 Å². The van der Waals surface area contributed by atoms with Crippen LogP contribution in [0, 0.1) is 13.3 Å². The Labute approximate surface area is 127 Å². The summed E-state index contributed by atoms with van der Waals surface area (Å²) in [5.41, 5.74) is 3.83. The van der Waals surface area contributed by atoms with Crippen LogP contribution in [0.5, 0.6) is 0 Å². The zero-order chi connectivity index (χ0) is 12.3. The molecule has 1 heterocycles. The number of esters is 1. The van der Waals surface area contributed by atoms with Crippen LogP contribution in [-0.2, 0) is 37.4 Å². The van der Waals surface area contributed by atoms with Crippen LogP contribution in [0.3, 0.4) is 0 Å². The molecule has 0 aromatic carbocycles. The number of methoxy groups -OCH3 is 1. The van der Waals surface area contributed by atoms with Gasteiger partial charge in [0.1, 0.15) is 0 Å². The van der Waals surface area contributed by atoms with Crippen LogP contribution in [0.4, 0.5) is 5.69 Å². The molecule has 17 heavy (non-hydrogen) atoms. The van der Waals surface area contributed by atoms with E-state index in [9.17, 15) is 4.79 Å². The first-order valence-corrected chi connectivity index (χ1v) is 5.13. The first-order valence-electron chi connectivity index (χ1n) is 5.13. The van der Waals surface area contributed by atoms with E-state index < -0.39 is 5.97 Å². The first kappa shape index (κ1) is 16.4. The Morgan fingerprint density at radius 3 is 2.41 bits per heavy atom. The first-order chi connectivity index (χ1) is 7.51. The van der Waals surface area contributed by atoms with E-state index in [1.54, 1.807) is 0 Å². The van der Waals surface area contributed by atoms with Crippen LogP contribution in [0.25, 0.3) is 0 Å². The molecule has 1 N–H and O–H groups in total. The molecule has 5 heteroatoms. The maximum atomic E-state index is 11.6. The number of aryl methyl sites for hydroxylation is 1. The van der Waals surface area contributed by atoms with E-state index in [0.717, 1.165) is 17.0 Å². The van der Waals surface area contributed by atoms with Crippen molar-refractivity contribution < 1.29 is 42.2 Å². The van der Waals surface area contributed by atoms with E-state index in [-0.39, 0.29) is 32.7 Å². The molecule has 1 aromatic rings. The van der Waals surface area contributed by atoms with Crippen molar-refractivity contribution in [3.05, 3.63) is 23.4 Å². The molecular formula is C12H17N2O2Y-. The number of aromatic amines is 1. The van der Waals surface area contributed by atoms with Gasteiger partial charge in [-0.25, -0.2) is 4.79 Å². The fourth-order valence-corrected chi connectivity index (χ4v) is 1.57. The van der Waals surface area contributed by atoms with Crippen LogP contribution in [-0.4, -0.2) is 23.8 Å². The van der Waals surface area contributed by atoms with Gasteiger partial charge in [-0.2, -0.15) is 6.42 Å². The quantitative estimate of drug-likeness (QED) is 0.530. The van der Waals surface area contributed by atoms with Gasteiger partial charge in [0.2, 0.25) is 0 Å². The fraction of sp³-hybridized carbons (Fsp3) is 0.417. The minimum atomic E-state index is -0.392. The Kier molecular flexibility index (Phi) is 6.72. The molecule has 0 aliphatic heterocycles. The number of hydrogen-bond acceptors (Lipinski definition) is 3. The minimum absolute atomic E-state index is 0. The van der Waals surface area contributed by atoms with Gasteiger partial charge in [0.15, 0.2) is 0 Å². The maximum Gasteiger partial charge on any atom is 0.342 e. The van der Waals surface area contributed by atoms with Gasteiger partial charge < -0.3 is 14.7 Å². The van der Waals surface area contributed by atoms with E-state index >= 15 is 0 Å². The molecule has 1 radical (unpaired) electrons. The monoisotopic (exact) mass is 310 g/mol. The number of rotatable bonds is 3. The maximum absolute atomic E-state index is 11.6. The molecule has 0 bridgehead atoms. The smallest absolute Gasteiger partial charge is 0.342 e. The summed E-state index contributed by atoms with van der Waals surface area (Å²) in [5, 5.41) is 0. The Balaban J connectivity index is 0.00000256. The summed E-state index contributed by atoms with van der Waals surface area (Å²) in [4.78, 5) is 18.9.